The van der Waals surface area contributed by atoms with Gasteiger partial charge in [0.1, 0.15) is 5.75 Å². The molecule has 0 bridgehead atoms. The summed E-state index contributed by atoms with van der Waals surface area (Å²) in [5, 5.41) is 2.50. The van der Waals surface area contributed by atoms with Gasteiger partial charge in [-0.25, -0.2) is 0 Å². The van der Waals surface area contributed by atoms with Crippen molar-refractivity contribution in [1.82, 2.24) is 4.90 Å². The zero-order chi connectivity index (χ0) is 17.4. The molecule has 0 radical (unpaired) electrons. The van der Waals surface area contributed by atoms with Crippen LogP contribution in [0.4, 0.5) is 0 Å². The number of hydrogen-bond acceptors (Lipinski definition) is 3. The van der Waals surface area contributed by atoms with Crippen molar-refractivity contribution in [3.63, 3.8) is 0 Å². The van der Waals surface area contributed by atoms with Crippen LogP contribution in [0.3, 0.4) is 0 Å². The van der Waals surface area contributed by atoms with Crippen LogP contribution < -0.4 is 10.5 Å². The van der Waals surface area contributed by atoms with Gasteiger partial charge < -0.3 is 10.5 Å². The van der Waals surface area contributed by atoms with Crippen LogP contribution in [0.25, 0.3) is 10.8 Å². The highest BCUT2D eigenvalue weighted by molar-refractivity contribution is 5.88. The van der Waals surface area contributed by atoms with Crippen LogP contribution >= 0.6 is 0 Å². The molecule has 0 fully saturated rings. The minimum atomic E-state index is 0.180. The lowest BCUT2D eigenvalue weighted by atomic mass is 9.96. The number of unbranched alkanes of at least 4 members (excludes halogenated alkanes) is 2. The lowest BCUT2D eigenvalue weighted by molar-refractivity contribution is 0.236. The number of hydrogen-bond donors (Lipinski definition) is 1. The van der Waals surface area contributed by atoms with E-state index in [1.54, 1.807) is 0 Å². The Kier molecular flexibility index (Phi) is 7.54. The fraction of sp³-hybridized carbons (Fsp3) is 0.524. The molecule has 0 spiro atoms. The molecule has 0 saturated carbocycles. The lowest BCUT2D eigenvalue weighted by Gasteiger charge is -2.30. The van der Waals surface area contributed by atoms with Crippen LogP contribution in [0, 0.1) is 0 Å². The van der Waals surface area contributed by atoms with Gasteiger partial charge in [0.25, 0.3) is 0 Å². The Bertz CT molecular complexity index is 626. The molecule has 24 heavy (non-hydrogen) atoms. The fourth-order valence-electron chi connectivity index (χ4n) is 3.15. The van der Waals surface area contributed by atoms with Crippen molar-refractivity contribution < 1.29 is 4.74 Å². The quantitative estimate of drug-likeness (QED) is 0.640. The Hall–Kier alpha value is -1.58. The number of nitrogens with zero attached hydrogens (tertiary/aromatic N) is 1. The maximum Gasteiger partial charge on any atom is 0.124 e. The van der Waals surface area contributed by atoms with Crippen LogP contribution in [0.5, 0.6) is 5.75 Å². The Labute approximate surface area is 146 Å². The Balaban J connectivity index is 2.43. The fourth-order valence-corrected chi connectivity index (χ4v) is 3.15. The first kappa shape index (κ1) is 18.8. The number of benzene rings is 2. The third kappa shape index (κ3) is 4.49. The summed E-state index contributed by atoms with van der Waals surface area (Å²) in [4.78, 5) is 2.37. The Morgan fingerprint density at radius 1 is 1.04 bits per heavy atom. The molecule has 1 atom stereocenters. The first-order valence-corrected chi connectivity index (χ1v) is 9.27. The summed E-state index contributed by atoms with van der Waals surface area (Å²) in [6.45, 7) is 6.82. The molecular formula is C21H32N2O. The second kappa shape index (κ2) is 9.65. The monoisotopic (exact) mass is 328 g/mol. The highest BCUT2D eigenvalue weighted by atomic mass is 16.5. The molecule has 3 nitrogen and oxygen atoms in total. The molecule has 0 amide bonds. The molecule has 0 aliphatic heterocycles. The van der Waals surface area contributed by atoms with Gasteiger partial charge in [0.15, 0.2) is 0 Å². The van der Waals surface area contributed by atoms with Crippen LogP contribution in [-0.2, 0) is 0 Å². The normalized spacial score (nSPS) is 12.7. The maximum absolute atomic E-state index is 6.19. The van der Waals surface area contributed by atoms with Crippen molar-refractivity contribution in [2.45, 2.75) is 45.6 Å². The van der Waals surface area contributed by atoms with Gasteiger partial charge in [-0.3, -0.25) is 4.90 Å². The summed E-state index contributed by atoms with van der Waals surface area (Å²) in [5.74, 6) is 0.987. The van der Waals surface area contributed by atoms with E-state index < -0.39 is 0 Å². The van der Waals surface area contributed by atoms with E-state index in [0.717, 1.165) is 31.7 Å². The van der Waals surface area contributed by atoms with Crippen molar-refractivity contribution in [2.24, 2.45) is 5.73 Å². The Morgan fingerprint density at radius 2 is 1.79 bits per heavy atom. The van der Waals surface area contributed by atoms with E-state index in [4.69, 9.17) is 10.5 Å². The van der Waals surface area contributed by atoms with Gasteiger partial charge >= 0.3 is 0 Å². The first-order valence-electron chi connectivity index (χ1n) is 9.27. The van der Waals surface area contributed by atoms with E-state index in [-0.39, 0.29) is 6.04 Å². The van der Waals surface area contributed by atoms with E-state index >= 15 is 0 Å². The number of fused-ring (bicyclic) bond motifs is 1. The van der Waals surface area contributed by atoms with E-state index in [0.29, 0.717) is 6.54 Å². The highest BCUT2D eigenvalue weighted by Gasteiger charge is 2.22. The van der Waals surface area contributed by atoms with Crippen LogP contribution in [0.1, 0.15) is 51.1 Å². The van der Waals surface area contributed by atoms with E-state index in [9.17, 15) is 0 Å². The standard InChI is InChI=1S/C21H32N2O/c1-4-6-14-23(3)19(16-22)21-18-11-9-8-10-17(18)12-13-20(21)24-15-7-5-2/h8-13,19H,4-7,14-16,22H2,1-3H3. The zero-order valence-electron chi connectivity index (χ0n) is 15.4. The molecule has 2 rings (SSSR count). The topological polar surface area (TPSA) is 38.5 Å². The van der Waals surface area contributed by atoms with Crippen molar-refractivity contribution in [3.8, 4) is 5.75 Å². The van der Waals surface area contributed by atoms with Gasteiger partial charge in [-0.15, -0.1) is 0 Å². The summed E-state index contributed by atoms with van der Waals surface area (Å²) < 4.78 is 6.14. The van der Waals surface area contributed by atoms with Gasteiger partial charge in [0, 0.05) is 12.1 Å². The van der Waals surface area contributed by atoms with Crippen LogP contribution in [-0.4, -0.2) is 31.6 Å². The molecule has 0 aromatic heterocycles. The molecule has 1 unspecified atom stereocenters. The van der Waals surface area contributed by atoms with Crippen LogP contribution in [0.2, 0.25) is 0 Å². The Morgan fingerprint density at radius 3 is 2.50 bits per heavy atom. The lowest BCUT2D eigenvalue weighted by Crippen LogP contribution is -2.32. The number of nitrogens with two attached hydrogens (primary N) is 1. The maximum atomic E-state index is 6.19. The van der Waals surface area contributed by atoms with Crippen molar-refractivity contribution in [2.75, 3.05) is 26.7 Å². The number of ether oxygens (including phenoxy) is 1. The average Bonchev–Trinajstić information content (AvgIpc) is 2.61. The number of likely N-dealkylation sites (N-methyl/N-ethyl adjacent to an activating group) is 1. The zero-order valence-corrected chi connectivity index (χ0v) is 15.4. The molecule has 2 N–H and O–H groups in total. The summed E-state index contributed by atoms with van der Waals surface area (Å²) in [5.41, 5.74) is 7.44. The van der Waals surface area contributed by atoms with Crippen molar-refractivity contribution in [3.05, 3.63) is 42.0 Å². The van der Waals surface area contributed by atoms with Crippen molar-refractivity contribution in [1.29, 1.82) is 0 Å². The molecule has 0 aliphatic rings. The molecule has 0 heterocycles. The molecule has 2 aromatic carbocycles. The summed E-state index contributed by atoms with van der Waals surface area (Å²) in [7, 11) is 2.17. The largest absolute Gasteiger partial charge is 0.493 e. The predicted molar refractivity (Wildman–Crippen MR) is 104 cm³/mol. The molecular weight excluding hydrogens is 296 g/mol. The van der Waals surface area contributed by atoms with Gasteiger partial charge in [-0.2, -0.15) is 0 Å². The van der Waals surface area contributed by atoms with Gasteiger partial charge in [-0.05, 0) is 43.3 Å². The average molecular weight is 329 g/mol. The minimum Gasteiger partial charge on any atom is -0.493 e. The molecule has 2 aromatic rings. The minimum absolute atomic E-state index is 0.180. The van der Waals surface area contributed by atoms with E-state index in [1.165, 1.54) is 29.2 Å². The first-order chi connectivity index (χ1) is 11.7. The summed E-state index contributed by atoms with van der Waals surface area (Å²) in [6.07, 6.45) is 4.59. The molecule has 3 heteroatoms. The predicted octanol–water partition coefficient (Wildman–Crippen LogP) is 4.75. The SMILES string of the molecule is CCCCOc1ccc2ccccc2c1C(CN)N(C)CCCC. The van der Waals surface area contributed by atoms with Crippen LogP contribution in [0.15, 0.2) is 36.4 Å². The third-order valence-electron chi connectivity index (χ3n) is 4.64. The number of rotatable bonds is 10. The summed E-state index contributed by atoms with van der Waals surface area (Å²) >= 11 is 0. The second-order valence-electron chi connectivity index (χ2n) is 6.49. The van der Waals surface area contributed by atoms with Gasteiger partial charge in [0.05, 0.1) is 12.6 Å². The second-order valence-corrected chi connectivity index (χ2v) is 6.49. The molecule has 132 valence electrons. The highest BCUT2D eigenvalue weighted by Crippen LogP contribution is 2.35. The van der Waals surface area contributed by atoms with Gasteiger partial charge in [0.2, 0.25) is 0 Å². The smallest absolute Gasteiger partial charge is 0.124 e. The van der Waals surface area contributed by atoms with Crippen molar-refractivity contribution >= 4 is 10.8 Å². The van der Waals surface area contributed by atoms with E-state index in [2.05, 4.69) is 62.2 Å². The third-order valence-corrected chi connectivity index (χ3v) is 4.64. The van der Waals surface area contributed by atoms with Gasteiger partial charge in [-0.1, -0.05) is 57.0 Å². The summed E-state index contributed by atoms with van der Waals surface area (Å²) in [6, 6.07) is 13.0. The molecule has 0 saturated heterocycles. The molecule has 0 aliphatic carbocycles. The van der Waals surface area contributed by atoms with E-state index in [1.807, 2.05) is 0 Å².